The van der Waals surface area contributed by atoms with E-state index in [1.54, 1.807) is 37.4 Å². The largest absolute Gasteiger partial charge is 0.507 e. The van der Waals surface area contributed by atoms with Crippen molar-refractivity contribution < 1.29 is 39.2 Å². The van der Waals surface area contributed by atoms with Crippen LogP contribution in [0.4, 0.5) is 21.9 Å². The highest BCUT2D eigenvalue weighted by Gasteiger charge is 2.38. The number of aliphatic hydroxyl groups is 1. The van der Waals surface area contributed by atoms with Crippen molar-refractivity contribution in [2.75, 3.05) is 69.9 Å². The van der Waals surface area contributed by atoms with Gasteiger partial charge >= 0.3 is 6.09 Å². The molecule has 0 aliphatic heterocycles. The average Bonchev–Trinajstić information content (AvgIpc) is 3.10. The van der Waals surface area contributed by atoms with Crippen LogP contribution >= 0.6 is 0 Å². The highest BCUT2D eigenvalue weighted by molar-refractivity contribution is 6.33. The number of hydrogen-bond donors (Lipinski definition) is 7. The molecule has 0 radical (unpaired) electrons. The summed E-state index contributed by atoms with van der Waals surface area (Å²) in [6.45, 7) is 8.04. The van der Waals surface area contributed by atoms with Crippen LogP contribution in [0.3, 0.4) is 0 Å². The molecule has 0 heterocycles. The van der Waals surface area contributed by atoms with Gasteiger partial charge < -0.3 is 51.4 Å². The molecule has 0 aromatic heterocycles. The van der Waals surface area contributed by atoms with E-state index in [-0.39, 0.29) is 54.3 Å². The van der Waals surface area contributed by atoms with E-state index < -0.39 is 29.2 Å². The van der Waals surface area contributed by atoms with Crippen LogP contribution in [0, 0.1) is 4.91 Å². The van der Waals surface area contributed by atoms with Crippen LogP contribution in [0.1, 0.15) is 37.4 Å². The van der Waals surface area contributed by atoms with Gasteiger partial charge in [-0.05, 0) is 47.7 Å². The second-order valence-corrected chi connectivity index (χ2v) is 10.6. The van der Waals surface area contributed by atoms with Crippen LogP contribution in [0.5, 0.6) is 17.2 Å². The Hall–Kier alpha value is -5.93. The van der Waals surface area contributed by atoms with E-state index in [2.05, 4.69) is 34.3 Å². The second-order valence-electron chi connectivity index (χ2n) is 10.6. The Balaban J connectivity index is 0.000000992. The van der Waals surface area contributed by atoms with Crippen molar-refractivity contribution in [1.29, 1.82) is 0 Å². The molecule has 1 aliphatic rings. The van der Waals surface area contributed by atoms with Gasteiger partial charge in [-0.1, -0.05) is 13.2 Å². The number of likely N-dealkylation sites (N-methyl/N-ethyl adjacent to an activating group) is 1. The molecular formula is C34H40N6O9. The SMILES string of the molecule is C=CC(=C)N=O.COc1cc(N)ccc1COC(=O)N(C)CCNc1ccc(NCCNCCO)c2c1C(=O)c1c(O)ccc(O)c1C2=O. The molecule has 4 rings (SSSR count). The van der Waals surface area contributed by atoms with Crippen molar-refractivity contribution in [2.24, 2.45) is 5.18 Å². The normalized spacial score (nSPS) is 11.2. The number of methoxy groups -OCH3 is 1. The minimum atomic E-state index is -0.632. The summed E-state index contributed by atoms with van der Waals surface area (Å²) in [5, 5.41) is 41.5. The van der Waals surface area contributed by atoms with Gasteiger partial charge in [0.25, 0.3) is 0 Å². The van der Waals surface area contributed by atoms with Gasteiger partial charge in [-0.25, -0.2) is 4.79 Å². The Kier molecular flexibility index (Phi) is 13.7. The first-order valence-corrected chi connectivity index (χ1v) is 15.0. The highest BCUT2D eigenvalue weighted by atomic mass is 16.6. The summed E-state index contributed by atoms with van der Waals surface area (Å²) in [4.78, 5) is 50.6. The van der Waals surface area contributed by atoms with Gasteiger partial charge in [0.15, 0.2) is 0 Å². The van der Waals surface area contributed by atoms with Crippen LogP contribution in [0.2, 0.25) is 0 Å². The number of nitrogens with two attached hydrogens (primary N) is 1. The number of rotatable bonds is 15. The number of phenolic OH excluding ortho intramolecular Hbond substituents is 2. The molecule has 0 fully saturated rings. The van der Waals surface area contributed by atoms with E-state index in [1.165, 1.54) is 18.1 Å². The van der Waals surface area contributed by atoms with Crippen molar-refractivity contribution in [3.05, 3.63) is 100 Å². The number of benzene rings is 3. The first-order chi connectivity index (χ1) is 23.5. The second kappa shape index (κ2) is 17.8. The number of ketones is 2. The van der Waals surface area contributed by atoms with Crippen LogP contribution in [0.25, 0.3) is 0 Å². The standard InChI is InChI=1S/C30H35N5O8.C4H5NO/c1-35(30(41)43-16-17-3-4-18(31)15-23(17)42-2)13-11-34-20-6-5-19(33-10-9-32-12-14-36)24-25(20)29(40)27-22(38)8-7-21(37)26(27)28(24)39;1-3-4(2)5-6/h3-8,15,32-34,36-38H,9-14,16,31H2,1-2H3;3H,1-2H2. The number of fused-ring (bicyclic) bond motifs is 2. The van der Waals surface area contributed by atoms with Gasteiger partial charge in [0.05, 0.1) is 41.7 Å². The molecular weight excluding hydrogens is 636 g/mol. The summed E-state index contributed by atoms with van der Waals surface area (Å²) in [6, 6.07) is 10.6. The monoisotopic (exact) mass is 676 g/mol. The van der Waals surface area contributed by atoms with E-state index in [1.807, 2.05) is 0 Å². The van der Waals surface area contributed by atoms with Crippen LogP contribution in [-0.2, 0) is 11.3 Å². The fraction of sp³-hybridized carbons (Fsp3) is 0.265. The number of phenols is 2. The van der Waals surface area contributed by atoms with Crippen molar-refractivity contribution in [1.82, 2.24) is 10.2 Å². The molecule has 0 atom stereocenters. The minimum absolute atomic E-state index is 0.0213. The van der Waals surface area contributed by atoms with E-state index >= 15 is 0 Å². The highest BCUT2D eigenvalue weighted by Crippen LogP contribution is 2.42. The predicted molar refractivity (Wildman–Crippen MR) is 185 cm³/mol. The number of nitrogen functional groups attached to an aromatic ring is 1. The van der Waals surface area contributed by atoms with Gasteiger partial charge in [0.1, 0.15) is 23.9 Å². The molecule has 0 saturated carbocycles. The number of aliphatic hydroxyl groups excluding tert-OH is 1. The third kappa shape index (κ3) is 9.33. The van der Waals surface area contributed by atoms with Crippen molar-refractivity contribution in [2.45, 2.75) is 6.61 Å². The lowest BCUT2D eigenvalue weighted by Crippen LogP contribution is -2.32. The number of carbonyl (C=O) groups is 3. The number of aromatic hydroxyl groups is 2. The average molecular weight is 677 g/mol. The van der Waals surface area contributed by atoms with Crippen LogP contribution in [-0.4, -0.2) is 91.4 Å². The summed E-state index contributed by atoms with van der Waals surface area (Å²) in [5.41, 5.74) is 7.35. The van der Waals surface area contributed by atoms with E-state index in [0.717, 1.165) is 12.1 Å². The Bertz CT molecular complexity index is 1720. The Morgan fingerprint density at radius 1 is 0.939 bits per heavy atom. The zero-order valence-corrected chi connectivity index (χ0v) is 27.2. The number of anilines is 3. The summed E-state index contributed by atoms with van der Waals surface area (Å²) in [6.07, 6.45) is 0.713. The quantitative estimate of drug-likeness (QED) is 0.0315. The van der Waals surface area contributed by atoms with Crippen molar-refractivity contribution in [3.63, 3.8) is 0 Å². The molecule has 0 unspecified atom stereocenters. The van der Waals surface area contributed by atoms with Crippen molar-refractivity contribution in [3.8, 4) is 17.2 Å². The maximum atomic E-state index is 13.7. The number of hydrogen-bond acceptors (Lipinski definition) is 14. The van der Waals surface area contributed by atoms with Gasteiger partial charge in [0.2, 0.25) is 11.6 Å². The number of nitrogens with zero attached hydrogens (tertiary/aromatic N) is 2. The third-order valence-electron chi connectivity index (χ3n) is 7.27. The minimum Gasteiger partial charge on any atom is -0.507 e. The fourth-order valence-corrected chi connectivity index (χ4v) is 4.77. The van der Waals surface area contributed by atoms with Crippen LogP contribution in [0.15, 0.2) is 72.6 Å². The molecule has 3 aromatic rings. The smallest absolute Gasteiger partial charge is 0.409 e. The maximum absolute atomic E-state index is 13.7. The lowest BCUT2D eigenvalue weighted by Gasteiger charge is -2.25. The summed E-state index contributed by atoms with van der Waals surface area (Å²) in [7, 11) is 3.06. The topological polar surface area (TPSA) is 225 Å². The molecule has 260 valence electrons. The zero-order chi connectivity index (χ0) is 36.1. The van der Waals surface area contributed by atoms with E-state index in [0.29, 0.717) is 48.0 Å². The van der Waals surface area contributed by atoms with E-state index in [4.69, 9.17) is 20.3 Å². The first kappa shape index (κ1) is 37.5. The molecule has 1 aliphatic carbocycles. The van der Waals surface area contributed by atoms with Gasteiger partial charge in [-0.15, -0.1) is 4.91 Å². The molecule has 0 spiro atoms. The number of allylic oxidation sites excluding steroid dienone is 1. The molecule has 8 N–H and O–H groups in total. The molecule has 15 nitrogen and oxygen atoms in total. The maximum Gasteiger partial charge on any atom is 0.409 e. The molecule has 0 saturated heterocycles. The summed E-state index contributed by atoms with van der Waals surface area (Å²) < 4.78 is 10.7. The molecule has 3 aromatic carbocycles. The first-order valence-electron chi connectivity index (χ1n) is 15.0. The van der Waals surface area contributed by atoms with Gasteiger partial charge in [-0.3, -0.25) is 9.59 Å². The van der Waals surface area contributed by atoms with Gasteiger partial charge in [0, 0.05) is 68.5 Å². The van der Waals surface area contributed by atoms with Crippen LogP contribution < -0.4 is 26.4 Å². The molecule has 15 heteroatoms. The summed E-state index contributed by atoms with van der Waals surface area (Å²) >= 11 is 0. The number of nitrogens with one attached hydrogen (secondary N) is 3. The fourth-order valence-electron chi connectivity index (χ4n) is 4.77. The van der Waals surface area contributed by atoms with Gasteiger partial charge in [-0.2, -0.15) is 0 Å². The number of nitroso groups, excluding NO2 is 1. The summed E-state index contributed by atoms with van der Waals surface area (Å²) in [5.74, 6) is -1.59. The molecule has 1 amide bonds. The lowest BCUT2D eigenvalue weighted by molar-refractivity contribution is 0.0975. The Morgan fingerprint density at radius 3 is 2.04 bits per heavy atom. The molecule has 49 heavy (non-hydrogen) atoms. The predicted octanol–water partition coefficient (Wildman–Crippen LogP) is 3.59. The number of ether oxygens (including phenoxy) is 2. The number of carbonyl (C=O) groups excluding carboxylic acids is 3. The lowest BCUT2D eigenvalue weighted by atomic mass is 9.81. The van der Waals surface area contributed by atoms with Crippen molar-refractivity contribution >= 4 is 34.7 Å². The van der Waals surface area contributed by atoms with E-state index in [9.17, 15) is 29.5 Å². The number of amides is 1. The third-order valence-corrected chi connectivity index (χ3v) is 7.27. The Morgan fingerprint density at radius 2 is 1.53 bits per heavy atom. The molecule has 0 bridgehead atoms. The Labute approximate surface area is 283 Å². The zero-order valence-electron chi connectivity index (χ0n) is 27.2.